The maximum atomic E-state index is 12.0. The van der Waals surface area contributed by atoms with Crippen LogP contribution in [0.5, 0.6) is 0 Å². The second-order valence-corrected chi connectivity index (χ2v) is 6.15. The molecule has 1 heterocycles. The van der Waals surface area contributed by atoms with Crippen LogP contribution in [-0.2, 0) is 19.4 Å². The second kappa shape index (κ2) is 4.41. The van der Waals surface area contributed by atoms with E-state index in [4.69, 9.17) is 5.11 Å². The lowest BCUT2D eigenvalue weighted by molar-refractivity contribution is -0.141. The molecule has 1 fully saturated rings. The summed E-state index contributed by atoms with van der Waals surface area (Å²) >= 11 is 0. The number of carboxylic acid groups (broad SMARTS) is 1. The molecular weight excluding hydrogens is 258 g/mol. The van der Waals surface area contributed by atoms with Crippen LogP contribution in [0.15, 0.2) is 30.3 Å². The number of amides is 1. The van der Waals surface area contributed by atoms with Crippen LogP contribution in [0.3, 0.4) is 0 Å². The molecule has 18 heavy (non-hydrogen) atoms. The van der Waals surface area contributed by atoms with E-state index in [-0.39, 0.29) is 0 Å². The molecule has 1 saturated heterocycles. The second-order valence-electron chi connectivity index (χ2n) is 4.02. The molecule has 2 rings (SSSR count). The number of sulfone groups is 1. The summed E-state index contributed by atoms with van der Waals surface area (Å²) < 4.78 is 24.0. The fraction of sp³-hybridized carbons (Fsp3) is 0.273. The number of carbonyl (C=O) groups is 2. The predicted molar refractivity (Wildman–Crippen MR) is 62.5 cm³/mol. The fourth-order valence-corrected chi connectivity index (χ4v) is 3.75. The number of carboxylic acids is 1. The van der Waals surface area contributed by atoms with Crippen molar-refractivity contribution in [3.8, 4) is 0 Å². The first-order valence-corrected chi connectivity index (χ1v) is 6.93. The van der Waals surface area contributed by atoms with Gasteiger partial charge in [0.25, 0.3) is 0 Å². The van der Waals surface area contributed by atoms with Crippen molar-refractivity contribution in [2.24, 2.45) is 0 Å². The van der Waals surface area contributed by atoms with Crippen molar-refractivity contribution >= 4 is 21.7 Å². The van der Waals surface area contributed by atoms with Crippen molar-refractivity contribution in [1.29, 1.82) is 0 Å². The van der Waals surface area contributed by atoms with Gasteiger partial charge in [-0.15, -0.1) is 0 Å². The van der Waals surface area contributed by atoms with Crippen LogP contribution in [0, 0.1) is 0 Å². The van der Waals surface area contributed by atoms with Crippen molar-refractivity contribution in [3.63, 3.8) is 0 Å². The van der Waals surface area contributed by atoms with Crippen LogP contribution in [0.1, 0.15) is 10.8 Å². The van der Waals surface area contributed by atoms with Gasteiger partial charge in [0.1, 0.15) is 6.04 Å². The average molecular weight is 269 g/mol. The van der Waals surface area contributed by atoms with Crippen molar-refractivity contribution in [1.82, 2.24) is 5.32 Å². The van der Waals surface area contributed by atoms with Gasteiger partial charge >= 0.3 is 5.97 Å². The molecule has 1 aliphatic heterocycles. The summed E-state index contributed by atoms with van der Waals surface area (Å²) in [7, 11) is -3.81. The molecule has 2 unspecified atom stereocenters. The Balaban J connectivity index is 2.39. The first kappa shape index (κ1) is 12.6. The van der Waals surface area contributed by atoms with Gasteiger partial charge < -0.3 is 10.4 Å². The predicted octanol–water partition coefficient (Wildman–Crippen LogP) is -0.275. The Hall–Kier alpha value is -1.89. The molecule has 96 valence electrons. The summed E-state index contributed by atoms with van der Waals surface area (Å²) in [6.07, 6.45) is 0. The van der Waals surface area contributed by atoms with Gasteiger partial charge in [0.05, 0.1) is 5.75 Å². The SMILES string of the molecule is O=C(O)C1CS(=O)(=O)C(c2ccccc2)C(=O)N1. The number of hydrogen-bond acceptors (Lipinski definition) is 4. The average Bonchev–Trinajstić information content (AvgIpc) is 2.28. The Morgan fingerprint density at radius 1 is 1.28 bits per heavy atom. The number of rotatable bonds is 2. The Morgan fingerprint density at radius 3 is 2.39 bits per heavy atom. The smallest absolute Gasteiger partial charge is 0.327 e. The third kappa shape index (κ3) is 2.21. The van der Waals surface area contributed by atoms with Crippen molar-refractivity contribution < 1.29 is 23.1 Å². The van der Waals surface area contributed by atoms with Gasteiger partial charge in [0.15, 0.2) is 15.1 Å². The molecule has 0 spiro atoms. The highest BCUT2D eigenvalue weighted by Gasteiger charge is 2.43. The van der Waals surface area contributed by atoms with E-state index in [1.807, 2.05) is 0 Å². The Kier molecular flexibility index (Phi) is 3.08. The number of nitrogens with one attached hydrogen (secondary N) is 1. The molecule has 0 bridgehead atoms. The van der Waals surface area contributed by atoms with Gasteiger partial charge in [-0.3, -0.25) is 4.79 Å². The van der Waals surface area contributed by atoms with Gasteiger partial charge in [0.2, 0.25) is 5.91 Å². The van der Waals surface area contributed by atoms with E-state index in [1.54, 1.807) is 18.2 Å². The molecule has 1 aliphatic rings. The lowest BCUT2D eigenvalue weighted by Crippen LogP contribution is -2.54. The highest BCUT2D eigenvalue weighted by molar-refractivity contribution is 7.92. The molecule has 0 aliphatic carbocycles. The summed E-state index contributed by atoms with van der Waals surface area (Å²) in [6, 6.07) is 6.65. The lowest BCUT2D eigenvalue weighted by atomic mass is 10.1. The number of hydrogen-bond donors (Lipinski definition) is 2. The van der Waals surface area contributed by atoms with Gasteiger partial charge in [-0.25, -0.2) is 13.2 Å². The van der Waals surface area contributed by atoms with E-state index in [9.17, 15) is 18.0 Å². The minimum absolute atomic E-state index is 0.346. The maximum Gasteiger partial charge on any atom is 0.327 e. The van der Waals surface area contributed by atoms with Crippen LogP contribution in [-0.4, -0.2) is 37.2 Å². The van der Waals surface area contributed by atoms with Gasteiger partial charge in [-0.1, -0.05) is 30.3 Å². The minimum atomic E-state index is -3.81. The summed E-state index contributed by atoms with van der Waals surface area (Å²) in [6.45, 7) is 0. The Bertz CT molecular complexity index is 581. The molecule has 1 aromatic carbocycles. The van der Waals surface area contributed by atoms with Gasteiger partial charge in [-0.05, 0) is 5.56 Å². The van der Waals surface area contributed by atoms with Crippen LogP contribution in [0.4, 0.5) is 0 Å². The largest absolute Gasteiger partial charge is 0.480 e. The molecule has 7 heteroatoms. The van der Waals surface area contributed by atoms with Gasteiger partial charge in [-0.2, -0.15) is 0 Å². The van der Waals surface area contributed by atoms with E-state index in [0.29, 0.717) is 5.56 Å². The molecule has 0 radical (unpaired) electrons. The molecular formula is C11H11NO5S. The summed E-state index contributed by atoms with van der Waals surface area (Å²) in [5, 5.41) is 9.64. The third-order valence-electron chi connectivity index (χ3n) is 2.71. The molecule has 1 amide bonds. The molecule has 0 saturated carbocycles. The lowest BCUT2D eigenvalue weighted by Gasteiger charge is -2.27. The zero-order valence-corrected chi connectivity index (χ0v) is 10.1. The molecule has 6 nitrogen and oxygen atoms in total. The first-order chi connectivity index (χ1) is 8.42. The monoisotopic (exact) mass is 269 g/mol. The molecule has 1 aromatic rings. The minimum Gasteiger partial charge on any atom is -0.480 e. The Morgan fingerprint density at radius 2 is 1.89 bits per heavy atom. The standard InChI is InChI=1S/C11H11NO5S/c13-10-9(7-4-2-1-3-5-7)18(16,17)6-8(12-10)11(14)15/h1-5,8-9H,6H2,(H,12,13)(H,14,15). The number of aliphatic carboxylic acids is 1. The summed E-state index contributed by atoms with van der Waals surface area (Å²) in [5.41, 5.74) is 0.346. The number of carbonyl (C=O) groups excluding carboxylic acids is 1. The zero-order chi connectivity index (χ0) is 13.3. The third-order valence-corrected chi connectivity index (χ3v) is 4.72. The first-order valence-electron chi connectivity index (χ1n) is 5.21. The molecule has 2 N–H and O–H groups in total. The quantitative estimate of drug-likeness (QED) is 0.769. The zero-order valence-electron chi connectivity index (χ0n) is 9.24. The van der Waals surface area contributed by atoms with Crippen LogP contribution in [0.25, 0.3) is 0 Å². The van der Waals surface area contributed by atoms with Gasteiger partial charge in [0, 0.05) is 0 Å². The van der Waals surface area contributed by atoms with E-state index in [1.165, 1.54) is 12.1 Å². The van der Waals surface area contributed by atoms with Crippen LogP contribution >= 0.6 is 0 Å². The highest BCUT2D eigenvalue weighted by atomic mass is 32.2. The molecule has 2 atom stereocenters. The van der Waals surface area contributed by atoms with Crippen molar-refractivity contribution in [2.75, 3.05) is 5.75 Å². The highest BCUT2D eigenvalue weighted by Crippen LogP contribution is 2.27. The Labute approximate surface area is 104 Å². The van der Waals surface area contributed by atoms with E-state index >= 15 is 0 Å². The number of benzene rings is 1. The maximum absolute atomic E-state index is 12.0. The van der Waals surface area contributed by atoms with Crippen molar-refractivity contribution in [2.45, 2.75) is 11.3 Å². The van der Waals surface area contributed by atoms with Crippen LogP contribution < -0.4 is 5.32 Å². The van der Waals surface area contributed by atoms with E-state index in [2.05, 4.69) is 5.32 Å². The van der Waals surface area contributed by atoms with Crippen molar-refractivity contribution in [3.05, 3.63) is 35.9 Å². The summed E-state index contributed by atoms with van der Waals surface area (Å²) in [4.78, 5) is 22.5. The van der Waals surface area contributed by atoms with E-state index < -0.39 is 38.8 Å². The molecule has 0 aromatic heterocycles. The van der Waals surface area contributed by atoms with Crippen LogP contribution in [0.2, 0.25) is 0 Å². The van der Waals surface area contributed by atoms with E-state index in [0.717, 1.165) is 0 Å². The summed E-state index contributed by atoms with van der Waals surface area (Å²) in [5.74, 6) is -2.73. The topological polar surface area (TPSA) is 101 Å². The normalized spacial score (nSPS) is 26.3. The fourth-order valence-electron chi connectivity index (χ4n) is 1.90.